The summed E-state index contributed by atoms with van der Waals surface area (Å²) in [6, 6.07) is 6.42. The lowest BCUT2D eigenvalue weighted by atomic mass is 10.2. The number of hydrogen-bond donors (Lipinski definition) is 2. The number of aromatic hydroxyl groups is 1. The first kappa shape index (κ1) is 11.5. The Morgan fingerprint density at radius 1 is 1.35 bits per heavy atom. The number of benzene rings is 1. The second kappa shape index (κ2) is 4.91. The smallest absolute Gasteiger partial charge is 0.252 e. The summed E-state index contributed by atoms with van der Waals surface area (Å²) in [6.45, 7) is 2.75. The fourth-order valence-electron chi connectivity index (χ4n) is 1.65. The molecule has 90 valence electrons. The number of aromatic amines is 1. The van der Waals surface area contributed by atoms with Gasteiger partial charge in [0.05, 0.1) is 12.1 Å². The molecular formula is C13H15NO3. The average Bonchev–Trinajstić information content (AvgIpc) is 2.28. The van der Waals surface area contributed by atoms with Crippen molar-refractivity contribution in [3.05, 3.63) is 34.6 Å². The van der Waals surface area contributed by atoms with Gasteiger partial charge in [-0.05, 0) is 18.6 Å². The maximum Gasteiger partial charge on any atom is 0.252 e. The molecule has 1 aromatic heterocycles. The molecule has 0 fully saturated rings. The van der Waals surface area contributed by atoms with Crippen LogP contribution in [0.15, 0.2) is 29.1 Å². The summed E-state index contributed by atoms with van der Waals surface area (Å²) in [6.07, 6.45) is 2.07. The van der Waals surface area contributed by atoms with E-state index in [2.05, 4.69) is 11.9 Å². The number of unbranched alkanes of at least 4 members (excludes halogenated alkanes) is 1. The summed E-state index contributed by atoms with van der Waals surface area (Å²) < 4.78 is 5.53. The second-order valence-electron chi connectivity index (χ2n) is 3.93. The van der Waals surface area contributed by atoms with Gasteiger partial charge < -0.3 is 14.8 Å². The molecule has 0 unspecified atom stereocenters. The number of H-pyrrole nitrogens is 1. The topological polar surface area (TPSA) is 62.3 Å². The predicted molar refractivity (Wildman–Crippen MR) is 66.6 cm³/mol. The molecule has 2 aromatic rings. The van der Waals surface area contributed by atoms with Crippen LogP contribution in [0.5, 0.6) is 11.5 Å². The Kier molecular flexibility index (Phi) is 3.32. The first-order valence-corrected chi connectivity index (χ1v) is 5.69. The van der Waals surface area contributed by atoms with Gasteiger partial charge in [0.2, 0.25) is 0 Å². The van der Waals surface area contributed by atoms with Crippen molar-refractivity contribution >= 4 is 10.9 Å². The van der Waals surface area contributed by atoms with Crippen LogP contribution in [0.25, 0.3) is 10.9 Å². The van der Waals surface area contributed by atoms with Gasteiger partial charge in [-0.2, -0.15) is 0 Å². The van der Waals surface area contributed by atoms with Crippen LogP contribution >= 0.6 is 0 Å². The highest BCUT2D eigenvalue weighted by atomic mass is 16.5. The first-order valence-electron chi connectivity index (χ1n) is 5.69. The summed E-state index contributed by atoms with van der Waals surface area (Å²) in [7, 11) is 0. The molecule has 2 N–H and O–H groups in total. The van der Waals surface area contributed by atoms with E-state index < -0.39 is 0 Å². The monoisotopic (exact) mass is 233 g/mol. The van der Waals surface area contributed by atoms with E-state index in [-0.39, 0.29) is 11.3 Å². The molecule has 0 saturated carbocycles. The van der Waals surface area contributed by atoms with Crippen LogP contribution in [0.1, 0.15) is 19.8 Å². The van der Waals surface area contributed by atoms with E-state index in [1.807, 2.05) is 0 Å². The zero-order valence-electron chi connectivity index (χ0n) is 9.69. The van der Waals surface area contributed by atoms with Crippen LogP contribution in [-0.2, 0) is 0 Å². The van der Waals surface area contributed by atoms with Crippen LogP contribution in [0.2, 0.25) is 0 Å². The third-order valence-corrected chi connectivity index (χ3v) is 2.56. The molecule has 2 rings (SSSR count). The van der Waals surface area contributed by atoms with E-state index in [1.54, 1.807) is 18.2 Å². The Bertz CT molecular complexity index is 574. The van der Waals surface area contributed by atoms with Gasteiger partial charge in [-0.15, -0.1) is 0 Å². The number of ether oxygens (including phenoxy) is 1. The highest BCUT2D eigenvalue weighted by Gasteiger charge is 2.03. The van der Waals surface area contributed by atoms with Gasteiger partial charge in [-0.3, -0.25) is 4.79 Å². The van der Waals surface area contributed by atoms with E-state index in [0.29, 0.717) is 23.3 Å². The maximum atomic E-state index is 11.2. The Hall–Kier alpha value is -1.97. The summed E-state index contributed by atoms with van der Waals surface area (Å²) in [5, 5.41) is 10.2. The molecule has 0 radical (unpaired) electrons. The number of pyridine rings is 1. The molecule has 0 saturated heterocycles. The Balaban J connectivity index is 2.33. The van der Waals surface area contributed by atoms with E-state index in [0.717, 1.165) is 12.8 Å². The molecule has 0 amide bonds. The van der Waals surface area contributed by atoms with E-state index in [1.165, 1.54) is 6.07 Å². The van der Waals surface area contributed by atoms with Crippen molar-refractivity contribution in [2.24, 2.45) is 0 Å². The lowest BCUT2D eigenvalue weighted by Crippen LogP contribution is -2.03. The van der Waals surface area contributed by atoms with Crippen LogP contribution in [0.4, 0.5) is 0 Å². The molecule has 17 heavy (non-hydrogen) atoms. The Labute approximate surface area is 98.9 Å². The zero-order chi connectivity index (χ0) is 12.3. The first-order chi connectivity index (χ1) is 8.20. The third-order valence-electron chi connectivity index (χ3n) is 2.56. The minimum Gasteiger partial charge on any atom is -0.507 e. The fraction of sp³-hybridized carbons (Fsp3) is 0.308. The quantitative estimate of drug-likeness (QED) is 0.797. The SMILES string of the molecule is CCCCOc1ccc2c(O)cc(=O)[nH]c2c1. The second-order valence-corrected chi connectivity index (χ2v) is 3.93. The lowest BCUT2D eigenvalue weighted by molar-refractivity contribution is 0.309. The number of aromatic nitrogens is 1. The van der Waals surface area contributed by atoms with E-state index >= 15 is 0 Å². The molecule has 0 aliphatic heterocycles. The molecule has 0 atom stereocenters. The molecule has 0 aliphatic rings. The van der Waals surface area contributed by atoms with E-state index in [4.69, 9.17) is 4.74 Å². The summed E-state index contributed by atoms with van der Waals surface area (Å²) in [5.41, 5.74) is 0.268. The molecule has 0 bridgehead atoms. The Morgan fingerprint density at radius 3 is 2.94 bits per heavy atom. The average molecular weight is 233 g/mol. The van der Waals surface area contributed by atoms with Crippen molar-refractivity contribution in [1.82, 2.24) is 4.98 Å². The zero-order valence-corrected chi connectivity index (χ0v) is 9.69. The van der Waals surface area contributed by atoms with Crippen LogP contribution < -0.4 is 10.3 Å². The Morgan fingerprint density at radius 2 is 2.18 bits per heavy atom. The summed E-state index contributed by atoms with van der Waals surface area (Å²) >= 11 is 0. The van der Waals surface area contributed by atoms with Gasteiger partial charge in [-0.25, -0.2) is 0 Å². The predicted octanol–water partition coefficient (Wildman–Crippen LogP) is 2.41. The number of rotatable bonds is 4. The van der Waals surface area contributed by atoms with Gasteiger partial charge in [-0.1, -0.05) is 13.3 Å². The van der Waals surface area contributed by atoms with Crippen molar-refractivity contribution in [3.63, 3.8) is 0 Å². The van der Waals surface area contributed by atoms with Crippen molar-refractivity contribution in [2.75, 3.05) is 6.61 Å². The number of hydrogen-bond acceptors (Lipinski definition) is 3. The van der Waals surface area contributed by atoms with Gasteiger partial charge >= 0.3 is 0 Å². The molecule has 1 heterocycles. The maximum absolute atomic E-state index is 11.2. The van der Waals surface area contributed by atoms with Crippen LogP contribution in [0, 0.1) is 0 Å². The van der Waals surface area contributed by atoms with Gasteiger partial charge in [0.1, 0.15) is 11.5 Å². The van der Waals surface area contributed by atoms with Crippen LogP contribution in [0.3, 0.4) is 0 Å². The molecular weight excluding hydrogens is 218 g/mol. The molecule has 0 spiro atoms. The lowest BCUT2D eigenvalue weighted by Gasteiger charge is -2.07. The third kappa shape index (κ3) is 2.58. The van der Waals surface area contributed by atoms with Gasteiger partial charge in [0, 0.05) is 17.5 Å². The standard InChI is InChI=1S/C13H15NO3/c1-2-3-6-17-9-4-5-10-11(7-9)14-13(16)8-12(10)15/h4-5,7-8H,2-3,6H2,1H3,(H2,14,15,16). The largest absolute Gasteiger partial charge is 0.507 e. The van der Waals surface area contributed by atoms with Crippen molar-refractivity contribution in [2.45, 2.75) is 19.8 Å². The summed E-state index contributed by atoms with van der Waals surface area (Å²) in [4.78, 5) is 13.9. The normalized spacial score (nSPS) is 10.6. The fourth-order valence-corrected chi connectivity index (χ4v) is 1.65. The van der Waals surface area contributed by atoms with E-state index in [9.17, 15) is 9.90 Å². The highest BCUT2D eigenvalue weighted by molar-refractivity contribution is 5.85. The van der Waals surface area contributed by atoms with Crippen molar-refractivity contribution in [1.29, 1.82) is 0 Å². The van der Waals surface area contributed by atoms with Gasteiger partial charge in [0.25, 0.3) is 5.56 Å². The number of fused-ring (bicyclic) bond motifs is 1. The molecule has 0 aliphatic carbocycles. The molecule has 4 nitrogen and oxygen atoms in total. The van der Waals surface area contributed by atoms with Crippen molar-refractivity contribution in [3.8, 4) is 11.5 Å². The highest BCUT2D eigenvalue weighted by Crippen LogP contribution is 2.24. The molecule has 4 heteroatoms. The van der Waals surface area contributed by atoms with Gasteiger partial charge in [0.15, 0.2) is 0 Å². The minimum absolute atomic E-state index is 0.0103. The molecule has 1 aromatic carbocycles. The van der Waals surface area contributed by atoms with Crippen molar-refractivity contribution < 1.29 is 9.84 Å². The minimum atomic E-state index is -0.319. The number of nitrogens with one attached hydrogen (secondary N) is 1. The summed E-state index contributed by atoms with van der Waals surface area (Å²) in [5.74, 6) is 0.691. The van der Waals surface area contributed by atoms with Crippen LogP contribution in [-0.4, -0.2) is 16.7 Å².